The van der Waals surface area contributed by atoms with Gasteiger partial charge in [0.2, 0.25) is 10.0 Å². The predicted octanol–water partition coefficient (Wildman–Crippen LogP) is 2.41. The van der Waals surface area contributed by atoms with Crippen molar-refractivity contribution >= 4 is 33.2 Å². The van der Waals surface area contributed by atoms with Crippen LogP contribution in [-0.4, -0.2) is 31.9 Å². The van der Waals surface area contributed by atoms with E-state index in [1.54, 1.807) is 6.92 Å². The highest BCUT2D eigenvalue weighted by molar-refractivity contribution is 7.89. The number of rotatable bonds is 2. The van der Waals surface area contributed by atoms with Crippen molar-refractivity contribution in [1.29, 1.82) is 0 Å². The van der Waals surface area contributed by atoms with Crippen molar-refractivity contribution in [1.82, 2.24) is 4.31 Å². The van der Waals surface area contributed by atoms with Crippen LogP contribution in [0.5, 0.6) is 0 Å². The Balaban J connectivity index is 2.35. The predicted molar refractivity (Wildman–Crippen MR) is 77.2 cm³/mol. The zero-order valence-electron chi connectivity index (χ0n) is 10.6. The lowest BCUT2D eigenvalue weighted by atomic mass is 10.1. The highest BCUT2D eigenvalue weighted by atomic mass is 35.5. The molecule has 1 fully saturated rings. The minimum absolute atomic E-state index is 0.0802. The molecule has 0 aromatic heterocycles. The number of nitrogens with two attached hydrogens (primary N) is 1. The molecule has 2 rings (SSSR count). The maximum absolute atomic E-state index is 12.5. The van der Waals surface area contributed by atoms with E-state index in [-0.39, 0.29) is 10.9 Å². The van der Waals surface area contributed by atoms with Crippen molar-refractivity contribution in [3.63, 3.8) is 0 Å². The molecule has 2 N–H and O–H groups in total. The van der Waals surface area contributed by atoms with Crippen LogP contribution in [0.3, 0.4) is 0 Å². The monoisotopic (exact) mass is 322 g/mol. The lowest BCUT2D eigenvalue weighted by Gasteiger charge is -2.29. The summed E-state index contributed by atoms with van der Waals surface area (Å²) in [6.45, 7) is 2.63. The van der Waals surface area contributed by atoms with Crippen molar-refractivity contribution in [3.8, 4) is 0 Å². The Labute approximate surface area is 123 Å². The first kappa shape index (κ1) is 15.1. The van der Waals surface area contributed by atoms with Crippen molar-refractivity contribution < 1.29 is 8.42 Å². The molecule has 0 bridgehead atoms. The second-order valence-corrected chi connectivity index (χ2v) is 7.51. The van der Waals surface area contributed by atoms with Gasteiger partial charge in [-0.2, -0.15) is 4.31 Å². The SMILES string of the molecule is Cc1c(Cl)cc(S(=O)(=O)N2CCC(N)CC2)cc1Cl. The van der Waals surface area contributed by atoms with Crippen LogP contribution in [0.2, 0.25) is 10.0 Å². The van der Waals surface area contributed by atoms with Gasteiger partial charge in [-0.05, 0) is 37.5 Å². The molecular formula is C12H16Cl2N2O2S. The average Bonchev–Trinajstić information content (AvgIpc) is 2.35. The molecule has 19 heavy (non-hydrogen) atoms. The first-order valence-electron chi connectivity index (χ1n) is 6.03. The highest BCUT2D eigenvalue weighted by Crippen LogP contribution is 2.30. The Hall–Kier alpha value is -0.330. The van der Waals surface area contributed by atoms with E-state index in [0.29, 0.717) is 41.5 Å². The number of hydrogen-bond acceptors (Lipinski definition) is 3. The molecule has 0 radical (unpaired) electrons. The van der Waals surface area contributed by atoms with E-state index in [4.69, 9.17) is 28.9 Å². The molecule has 7 heteroatoms. The molecule has 106 valence electrons. The van der Waals surface area contributed by atoms with Crippen LogP contribution in [-0.2, 0) is 10.0 Å². The first-order chi connectivity index (χ1) is 8.82. The normalized spacial score (nSPS) is 18.7. The fourth-order valence-electron chi connectivity index (χ4n) is 2.04. The van der Waals surface area contributed by atoms with Crippen LogP contribution in [0.15, 0.2) is 17.0 Å². The zero-order chi connectivity index (χ0) is 14.2. The van der Waals surface area contributed by atoms with Crippen LogP contribution in [0, 0.1) is 6.92 Å². The van der Waals surface area contributed by atoms with Gasteiger partial charge in [0, 0.05) is 29.2 Å². The second kappa shape index (κ2) is 5.58. The average molecular weight is 323 g/mol. The molecule has 1 saturated heterocycles. The molecule has 0 spiro atoms. The van der Waals surface area contributed by atoms with Gasteiger partial charge < -0.3 is 5.73 Å². The third kappa shape index (κ3) is 3.06. The maximum atomic E-state index is 12.5. The molecule has 0 amide bonds. The Morgan fingerprint density at radius 2 is 1.68 bits per heavy atom. The van der Waals surface area contributed by atoms with Crippen LogP contribution in [0.25, 0.3) is 0 Å². The Kier molecular flexibility index (Phi) is 4.42. The summed E-state index contributed by atoms with van der Waals surface area (Å²) in [5.41, 5.74) is 6.47. The molecule has 0 saturated carbocycles. The topological polar surface area (TPSA) is 63.4 Å². The number of sulfonamides is 1. The van der Waals surface area contributed by atoms with Crippen molar-refractivity contribution in [3.05, 3.63) is 27.7 Å². The standard InChI is InChI=1S/C12H16Cl2N2O2S/c1-8-11(13)6-10(7-12(8)14)19(17,18)16-4-2-9(15)3-5-16/h6-7,9H,2-5,15H2,1H3. The minimum atomic E-state index is -3.54. The number of nitrogens with zero attached hydrogens (tertiary/aromatic N) is 1. The summed E-state index contributed by atoms with van der Waals surface area (Å²) in [7, 11) is -3.54. The smallest absolute Gasteiger partial charge is 0.243 e. The lowest BCUT2D eigenvalue weighted by molar-refractivity contribution is 0.320. The number of benzene rings is 1. The van der Waals surface area contributed by atoms with Gasteiger partial charge in [-0.15, -0.1) is 0 Å². The largest absolute Gasteiger partial charge is 0.328 e. The van der Waals surface area contributed by atoms with Crippen molar-refractivity contribution in [2.75, 3.05) is 13.1 Å². The van der Waals surface area contributed by atoms with E-state index in [1.807, 2.05) is 0 Å². The quantitative estimate of drug-likeness (QED) is 0.909. The molecule has 0 unspecified atom stereocenters. The minimum Gasteiger partial charge on any atom is -0.328 e. The molecule has 0 atom stereocenters. The van der Waals surface area contributed by atoms with E-state index in [2.05, 4.69) is 0 Å². The summed E-state index contributed by atoms with van der Waals surface area (Å²) in [5.74, 6) is 0. The summed E-state index contributed by atoms with van der Waals surface area (Å²) in [4.78, 5) is 0.142. The Morgan fingerprint density at radius 3 is 2.16 bits per heavy atom. The van der Waals surface area contributed by atoms with Crippen LogP contribution < -0.4 is 5.73 Å². The van der Waals surface area contributed by atoms with E-state index in [0.717, 1.165) is 0 Å². The number of piperidine rings is 1. The van der Waals surface area contributed by atoms with Gasteiger partial charge in [0.25, 0.3) is 0 Å². The fourth-order valence-corrected chi connectivity index (χ4v) is 4.18. The van der Waals surface area contributed by atoms with Gasteiger partial charge in [-0.3, -0.25) is 0 Å². The van der Waals surface area contributed by atoms with E-state index < -0.39 is 10.0 Å². The summed E-state index contributed by atoms with van der Waals surface area (Å²) in [6.07, 6.45) is 1.35. The third-order valence-electron chi connectivity index (χ3n) is 3.39. The molecular weight excluding hydrogens is 307 g/mol. The van der Waals surface area contributed by atoms with Crippen LogP contribution in [0.4, 0.5) is 0 Å². The van der Waals surface area contributed by atoms with Gasteiger partial charge in [0.1, 0.15) is 0 Å². The summed E-state index contributed by atoms with van der Waals surface area (Å²) >= 11 is 12.0. The van der Waals surface area contributed by atoms with E-state index >= 15 is 0 Å². The number of halogens is 2. The molecule has 1 aliphatic rings. The van der Waals surface area contributed by atoms with Gasteiger partial charge in [0.15, 0.2) is 0 Å². The maximum Gasteiger partial charge on any atom is 0.243 e. The fraction of sp³-hybridized carbons (Fsp3) is 0.500. The summed E-state index contributed by atoms with van der Waals surface area (Å²) < 4.78 is 26.4. The molecule has 1 heterocycles. The second-order valence-electron chi connectivity index (χ2n) is 4.75. The van der Waals surface area contributed by atoms with Crippen molar-refractivity contribution in [2.24, 2.45) is 5.73 Å². The van der Waals surface area contributed by atoms with Gasteiger partial charge in [-0.1, -0.05) is 23.2 Å². The van der Waals surface area contributed by atoms with Gasteiger partial charge in [0.05, 0.1) is 4.90 Å². The van der Waals surface area contributed by atoms with Crippen LogP contribution in [0.1, 0.15) is 18.4 Å². The Bertz CT molecular complexity index is 558. The molecule has 1 aromatic rings. The highest BCUT2D eigenvalue weighted by Gasteiger charge is 2.29. The van der Waals surface area contributed by atoms with Gasteiger partial charge >= 0.3 is 0 Å². The third-order valence-corrected chi connectivity index (χ3v) is 6.05. The van der Waals surface area contributed by atoms with Gasteiger partial charge in [-0.25, -0.2) is 8.42 Å². The zero-order valence-corrected chi connectivity index (χ0v) is 12.9. The van der Waals surface area contributed by atoms with Crippen molar-refractivity contribution in [2.45, 2.75) is 30.7 Å². The van der Waals surface area contributed by atoms with Crippen LogP contribution >= 0.6 is 23.2 Å². The van der Waals surface area contributed by atoms with E-state index in [9.17, 15) is 8.42 Å². The molecule has 1 aliphatic heterocycles. The molecule has 0 aliphatic carbocycles. The summed E-state index contributed by atoms with van der Waals surface area (Å²) in [6, 6.07) is 2.98. The summed E-state index contributed by atoms with van der Waals surface area (Å²) in [5, 5.41) is 0.722. The number of hydrogen-bond donors (Lipinski definition) is 1. The molecule has 1 aromatic carbocycles. The Morgan fingerprint density at radius 1 is 1.21 bits per heavy atom. The first-order valence-corrected chi connectivity index (χ1v) is 8.23. The lowest BCUT2D eigenvalue weighted by Crippen LogP contribution is -2.42. The van der Waals surface area contributed by atoms with E-state index in [1.165, 1.54) is 16.4 Å². The molecule has 4 nitrogen and oxygen atoms in total.